The number of nitrogens with one attached hydrogen (secondary N) is 1. The van der Waals surface area contributed by atoms with Crippen LogP contribution in [-0.4, -0.2) is 29.0 Å². The monoisotopic (exact) mass is 347 g/mol. The molecular weight excluding hydrogens is 330 g/mol. The van der Waals surface area contributed by atoms with E-state index in [2.05, 4.69) is 16.0 Å². The van der Waals surface area contributed by atoms with Crippen LogP contribution in [0.3, 0.4) is 0 Å². The topological polar surface area (TPSA) is 98.8 Å². The summed E-state index contributed by atoms with van der Waals surface area (Å²) in [4.78, 5) is 20.1. The lowest BCUT2D eigenvalue weighted by Gasteiger charge is -2.12. The van der Waals surface area contributed by atoms with Crippen LogP contribution >= 0.6 is 0 Å². The molecule has 1 aromatic heterocycles. The Morgan fingerprint density at radius 3 is 2.73 bits per heavy atom. The van der Waals surface area contributed by atoms with Crippen LogP contribution in [0.1, 0.15) is 17.0 Å². The third kappa shape index (κ3) is 3.26. The van der Waals surface area contributed by atoms with Gasteiger partial charge in [0.05, 0.1) is 21.5 Å². The predicted octanol–water partition coefficient (Wildman–Crippen LogP) is 3.91. The Balaban J connectivity index is 2.07. The van der Waals surface area contributed by atoms with Gasteiger partial charge in [0.2, 0.25) is 0 Å². The number of rotatable bonds is 4. The molecule has 0 fully saturated rings. The van der Waals surface area contributed by atoms with Crippen LogP contribution in [0.4, 0.5) is 11.4 Å². The lowest BCUT2D eigenvalue weighted by molar-refractivity contribution is -0.384. The van der Waals surface area contributed by atoms with Gasteiger partial charge in [-0.3, -0.25) is 10.1 Å². The molecule has 26 heavy (non-hydrogen) atoms. The van der Waals surface area contributed by atoms with E-state index >= 15 is 0 Å². The van der Waals surface area contributed by atoms with Gasteiger partial charge >= 0.3 is 0 Å². The number of anilines is 1. The Hall–Kier alpha value is -3.66. The zero-order chi connectivity index (χ0) is 18.8. The van der Waals surface area contributed by atoms with E-state index in [0.29, 0.717) is 22.6 Å². The Morgan fingerprint density at radius 2 is 2.08 bits per heavy atom. The number of allylic oxidation sites excluding steroid dienone is 1. The first-order valence-electron chi connectivity index (χ1n) is 7.93. The van der Waals surface area contributed by atoms with Crippen molar-refractivity contribution in [2.75, 3.05) is 19.0 Å². The van der Waals surface area contributed by atoms with Gasteiger partial charge in [-0.05, 0) is 42.3 Å². The number of nitrogens with zero attached hydrogens (tertiary/aromatic N) is 4. The van der Waals surface area contributed by atoms with E-state index in [1.165, 1.54) is 6.07 Å². The smallest absolute Gasteiger partial charge is 0.293 e. The van der Waals surface area contributed by atoms with E-state index in [0.717, 1.165) is 16.6 Å². The Kier molecular flexibility index (Phi) is 4.42. The van der Waals surface area contributed by atoms with Gasteiger partial charge in [0.25, 0.3) is 5.69 Å². The van der Waals surface area contributed by atoms with Crippen molar-refractivity contribution >= 4 is 34.1 Å². The van der Waals surface area contributed by atoms with Crippen LogP contribution in [-0.2, 0) is 0 Å². The van der Waals surface area contributed by atoms with Crippen molar-refractivity contribution in [1.82, 2.24) is 9.97 Å². The SMILES string of the molecule is Cc1ccc2nc(/C(C#N)=C\c3ccc(N(C)C)c([N+](=O)[O-])c3)[nH]c2c1. The first-order chi connectivity index (χ1) is 12.4. The Bertz CT molecular complexity index is 1070. The number of aryl methyl sites for hydroxylation is 1. The van der Waals surface area contributed by atoms with Crippen LogP contribution in [0, 0.1) is 28.4 Å². The van der Waals surface area contributed by atoms with Crippen LogP contribution in [0.15, 0.2) is 36.4 Å². The highest BCUT2D eigenvalue weighted by Gasteiger charge is 2.16. The zero-order valence-electron chi connectivity index (χ0n) is 14.6. The first-order valence-corrected chi connectivity index (χ1v) is 7.93. The second-order valence-corrected chi connectivity index (χ2v) is 6.18. The third-order valence-corrected chi connectivity index (χ3v) is 4.00. The molecule has 0 spiro atoms. The maximum atomic E-state index is 11.3. The van der Waals surface area contributed by atoms with Crippen molar-refractivity contribution in [3.63, 3.8) is 0 Å². The van der Waals surface area contributed by atoms with Crippen LogP contribution in [0.5, 0.6) is 0 Å². The summed E-state index contributed by atoms with van der Waals surface area (Å²) in [7, 11) is 3.49. The van der Waals surface area contributed by atoms with Crippen LogP contribution in [0.25, 0.3) is 22.7 Å². The summed E-state index contributed by atoms with van der Waals surface area (Å²) in [6, 6.07) is 12.8. The number of aromatic amines is 1. The molecular formula is C19H17N5O2. The normalized spacial score (nSPS) is 11.4. The molecule has 0 atom stereocenters. The number of H-pyrrole nitrogens is 1. The van der Waals surface area contributed by atoms with Crippen molar-refractivity contribution in [2.24, 2.45) is 0 Å². The average molecular weight is 347 g/mol. The molecule has 0 bridgehead atoms. The molecule has 0 radical (unpaired) electrons. The molecule has 1 N–H and O–H groups in total. The third-order valence-electron chi connectivity index (χ3n) is 4.00. The van der Waals surface area contributed by atoms with E-state index in [1.54, 1.807) is 37.2 Å². The lowest BCUT2D eigenvalue weighted by Crippen LogP contribution is -2.11. The number of hydrogen-bond donors (Lipinski definition) is 1. The van der Waals surface area contributed by atoms with Gasteiger partial charge in [-0.1, -0.05) is 12.1 Å². The van der Waals surface area contributed by atoms with Gasteiger partial charge in [-0.15, -0.1) is 0 Å². The zero-order valence-corrected chi connectivity index (χ0v) is 14.6. The van der Waals surface area contributed by atoms with E-state index in [9.17, 15) is 15.4 Å². The fraction of sp³-hybridized carbons (Fsp3) is 0.158. The highest BCUT2D eigenvalue weighted by atomic mass is 16.6. The van der Waals surface area contributed by atoms with E-state index in [1.807, 2.05) is 25.1 Å². The van der Waals surface area contributed by atoms with Crippen molar-refractivity contribution in [3.05, 3.63) is 63.5 Å². The average Bonchev–Trinajstić information content (AvgIpc) is 3.02. The summed E-state index contributed by atoms with van der Waals surface area (Å²) in [5.41, 5.74) is 4.06. The van der Waals surface area contributed by atoms with Crippen LogP contribution < -0.4 is 4.90 Å². The fourth-order valence-corrected chi connectivity index (χ4v) is 2.73. The summed E-state index contributed by atoms with van der Waals surface area (Å²) in [5.74, 6) is 0.437. The molecule has 130 valence electrons. The predicted molar refractivity (Wildman–Crippen MR) is 102 cm³/mol. The van der Waals surface area contributed by atoms with Crippen molar-refractivity contribution in [2.45, 2.75) is 6.92 Å². The lowest BCUT2D eigenvalue weighted by atomic mass is 10.1. The van der Waals surface area contributed by atoms with E-state index in [-0.39, 0.29) is 5.69 Å². The number of nitriles is 1. The number of nitro groups is 1. The molecule has 0 aliphatic heterocycles. The second kappa shape index (κ2) is 6.69. The second-order valence-electron chi connectivity index (χ2n) is 6.18. The summed E-state index contributed by atoms with van der Waals surface area (Å²) >= 11 is 0. The standard InChI is InChI=1S/C19H17N5O2/c1-12-4-6-15-16(8-12)22-19(21-15)14(11-20)9-13-5-7-17(23(2)3)18(10-13)24(25)26/h4-10H,1-3H3,(H,21,22)/b14-9-. The van der Waals surface area contributed by atoms with Gasteiger partial charge < -0.3 is 9.88 Å². The number of hydrogen-bond acceptors (Lipinski definition) is 5. The van der Waals surface area contributed by atoms with Crippen molar-refractivity contribution in [1.29, 1.82) is 5.26 Å². The highest BCUT2D eigenvalue weighted by Crippen LogP contribution is 2.29. The maximum absolute atomic E-state index is 11.3. The molecule has 1 heterocycles. The molecule has 3 aromatic rings. The molecule has 0 aliphatic rings. The van der Waals surface area contributed by atoms with Gasteiger partial charge in [0.1, 0.15) is 17.6 Å². The molecule has 0 saturated heterocycles. The molecule has 2 aromatic carbocycles. The van der Waals surface area contributed by atoms with Gasteiger partial charge in [-0.25, -0.2) is 4.98 Å². The van der Waals surface area contributed by atoms with Crippen molar-refractivity contribution < 1.29 is 4.92 Å². The number of fused-ring (bicyclic) bond motifs is 1. The number of aromatic nitrogens is 2. The number of nitro benzene ring substituents is 1. The molecule has 7 heteroatoms. The highest BCUT2D eigenvalue weighted by molar-refractivity contribution is 5.91. The fourth-order valence-electron chi connectivity index (χ4n) is 2.73. The van der Waals surface area contributed by atoms with Gasteiger partial charge in [-0.2, -0.15) is 5.26 Å². The molecule has 3 rings (SSSR count). The molecule has 0 saturated carbocycles. The van der Waals surface area contributed by atoms with E-state index < -0.39 is 4.92 Å². The Labute approximate surface area is 150 Å². The molecule has 0 aliphatic carbocycles. The summed E-state index contributed by atoms with van der Waals surface area (Å²) < 4.78 is 0. The Morgan fingerprint density at radius 1 is 1.31 bits per heavy atom. The van der Waals surface area contributed by atoms with Crippen molar-refractivity contribution in [3.8, 4) is 6.07 Å². The summed E-state index contributed by atoms with van der Waals surface area (Å²) in [5, 5.41) is 20.8. The molecule has 0 unspecified atom stereocenters. The minimum absolute atomic E-state index is 0.0127. The minimum Gasteiger partial charge on any atom is -0.372 e. The maximum Gasteiger partial charge on any atom is 0.293 e. The number of imidazole rings is 1. The van der Waals surface area contributed by atoms with Gasteiger partial charge in [0.15, 0.2) is 0 Å². The summed E-state index contributed by atoms with van der Waals surface area (Å²) in [6.45, 7) is 1.98. The summed E-state index contributed by atoms with van der Waals surface area (Å²) in [6.07, 6.45) is 1.59. The number of benzene rings is 2. The first kappa shape index (κ1) is 17.2. The largest absolute Gasteiger partial charge is 0.372 e. The van der Waals surface area contributed by atoms with E-state index in [4.69, 9.17) is 0 Å². The van der Waals surface area contributed by atoms with Gasteiger partial charge in [0, 0.05) is 20.2 Å². The van der Waals surface area contributed by atoms with Crippen LogP contribution in [0.2, 0.25) is 0 Å². The quantitative estimate of drug-likeness (QED) is 0.438. The molecule has 0 amide bonds. The minimum atomic E-state index is -0.428. The molecule has 7 nitrogen and oxygen atoms in total.